The van der Waals surface area contributed by atoms with Gasteiger partial charge in [-0.25, -0.2) is 35.1 Å². The van der Waals surface area contributed by atoms with E-state index in [2.05, 4.69) is 4.98 Å². The molecule has 0 radical (unpaired) electrons. The summed E-state index contributed by atoms with van der Waals surface area (Å²) in [6.45, 7) is 0. The molecule has 246 valence electrons. The molecule has 0 saturated heterocycles. The van der Waals surface area contributed by atoms with Crippen LogP contribution in [0.4, 0.5) is 57.1 Å². The fraction of sp³-hybridized carbons (Fsp3) is 0.0333. The number of alkyl halides is 3. The van der Waals surface area contributed by atoms with Gasteiger partial charge in [0.25, 0.3) is 0 Å². The Balaban J connectivity index is 2.44. The van der Waals surface area contributed by atoms with Crippen LogP contribution in [0.1, 0.15) is 38.9 Å². The van der Waals surface area contributed by atoms with Gasteiger partial charge < -0.3 is 0 Å². The molecule has 0 bridgehead atoms. The lowest BCUT2D eigenvalue weighted by Gasteiger charge is -2.14. The van der Waals surface area contributed by atoms with Gasteiger partial charge in [-0.2, -0.15) is 58.5 Å². The molecule has 2 aromatic carbocycles. The van der Waals surface area contributed by atoms with Gasteiger partial charge >= 0.3 is 6.18 Å². The zero-order chi connectivity index (χ0) is 37.7. The van der Waals surface area contributed by atoms with Crippen LogP contribution in [0.3, 0.4) is 0 Å². The quantitative estimate of drug-likeness (QED) is 0.119. The highest BCUT2D eigenvalue weighted by Crippen LogP contribution is 2.58. The van der Waals surface area contributed by atoms with Gasteiger partial charge in [-0.05, 0) is 0 Å². The fourth-order valence-corrected chi connectivity index (χ4v) is 4.69. The molecule has 3 aromatic rings. The van der Waals surface area contributed by atoms with E-state index in [1.807, 2.05) is 0 Å². The van der Waals surface area contributed by atoms with Crippen LogP contribution in [-0.4, -0.2) is 4.98 Å². The van der Waals surface area contributed by atoms with Crippen LogP contribution in [0.15, 0.2) is 16.7 Å². The summed E-state index contributed by atoms with van der Waals surface area (Å²) in [6, 6.07) is 5.03. The highest BCUT2D eigenvalue weighted by Gasteiger charge is 2.48. The summed E-state index contributed by atoms with van der Waals surface area (Å²) >= 11 is 0. The zero-order valence-corrected chi connectivity index (χ0v) is 23.0. The lowest BCUT2D eigenvalue weighted by atomic mass is 9.95. The minimum Gasteiger partial charge on any atom is -0.203 e. The normalized spacial score (nSPS) is 14.0. The topological polar surface area (TPSA) is 156 Å². The molecule has 0 aliphatic heterocycles. The number of benzene rings is 2. The maximum absolute atomic E-state index is 15.1. The second kappa shape index (κ2) is 12.5. The van der Waals surface area contributed by atoms with Crippen LogP contribution < -0.4 is 0 Å². The van der Waals surface area contributed by atoms with Crippen LogP contribution in [-0.2, 0) is 6.18 Å². The van der Waals surface area contributed by atoms with Gasteiger partial charge in [0.1, 0.15) is 58.7 Å². The van der Waals surface area contributed by atoms with Crippen molar-refractivity contribution < 1.29 is 57.1 Å². The summed E-state index contributed by atoms with van der Waals surface area (Å²) in [5, 5.41) is 56.7. The summed E-state index contributed by atoms with van der Waals surface area (Å²) < 4.78 is 190. The van der Waals surface area contributed by atoms with E-state index in [1.165, 1.54) is 0 Å². The number of hydrogen-bond donors (Lipinski definition) is 0. The van der Waals surface area contributed by atoms with E-state index in [1.54, 1.807) is 0 Å². The maximum atomic E-state index is 15.1. The number of nitriles is 6. The number of allylic oxidation sites excluding steroid dienone is 6. The van der Waals surface area contributed by atoms with Gasteiger partial charge in [-0.1, -0.05) is 0 Å². The van der Waals surface area contributed by atoms with Gasteiger partial charge in [0.2, 0.25) is 11.9 Å². The van der Waals surface area contributed by atoms with Crippen LogP contribution >= 0.6 is 0 Å². The van der Waals surface area contributed by atoms with Crippen molar-refractivity contribution in [2.24, 2.45) is 0 Å². The number of nitrogens with zero attached hydrogens (tertiary/aromatic N) is 7. The summed E-state index contributed by atoms with van der Waals surface area (Å²) in [5.74, 6) is -25.4. The average Bonchev–Trinajstić information content (AvgIpc) is 3.77. The van der Waals surface area contributed by atoms with Crippen molar-refractivity contribution in [3.63, 3.8) is 0 Å². The van der Waals surface area contributed by atoms with E-state index < -0.39 is 137 Å². The first-order chi connectivity index (χ1) is 23.4. The molecule has 1 aromatic heterocycles. The fourth-order valence-electron chi connectivity index (χ4n) is 4.69. The number of rotatable bonds is 3. The van der Waals surface area contributed by atoms with Crippen molar-refractivity contribution in [2.45, 2.75) is 6.18 Å². The van der Waals surface area contributed by atoms with Crippen LogP contribution in [0.2, 0.25) is 0 Å². The number of halogens is 13. The van der Waals surface area contributed by atoms with Crippen LogP contribution in [0.5, 0.6) is 0 Å². The molecule has 1 aliphatic rings. The Morgan fingerprint density at radius 3 is 0.980 bits per heavy atom. The largest absolute Gasteiger partial charge is 0.421 e. The third kappa shape index (κ3) is 5.09. The molecular weight excluding hydrogens is 705 g/mol. The van der Waals surface area contributed by atoms with Gasteiger partial charge in [0.05, 0.1) is 27.8 Å². The van der Waals surface area contributed by atoms with E-state index in [0.717, 1.165) is 36.4 Å². The first-order valence-electron chi connectivity index (χ1n) is 12.2. The predicted molar refractivity (Wildman–Crippen MR) is 133 cm³/mol. The third-order valence-electron chi connectivity index (χ3n) is 6.78. The molecular formula is C30F13N7. The molecule has 7 nitrogen and oxygen atoms in total. The van der Waals surface area contributed by atoms with Gasteiger partial charge in [0.15, 0.2) is 46.5 Å². The minimum absolute atomic E-state index is 0.740. The van der Waals surface area contributed by atoms with Crippen molar-refractivity contribution in [2.75, 3.05) is 0 Å². The molecule has 1 saturated carbocycles. The Labute approximate surface area is 267 Å². The Morgan fingerprint density at radius 2 is 0.720 bits per heavy atom. The second-order valence-electron chi connectivity index (χ2n) is 9.25. The van der Waals surface area contributed by atoms with Crippen LogP contribution in [0, 0.1) is 126 Å². The average molecular weight is 705 g/mol. The number of pyridine rings is 1. The summed E-state index contributed by atoms with van der Waals surface area (Å²) in [7, 11) is 0. The minimum atomic E-state index is -6.00. The zero-order valence-electron chi connectivity index (χ0n) is 23.0. The molecule has 20 heteroatoms. The molecule has 0 unspecified atom stereocenters. The summed E-state index contributed by atoms with van der Waals surface area (Å²) in [5.41, 5.74) is -25.0. The Hall–Kier alpha value is -7.16. The maximum Gasteiger partial charge on any atom is 0.421 e. The Morgan fingerprint density at radius 1 is 0.420 bits per heavy atom. The SMILES string of the molecule is N#CC(=C1C(=C(C#N)c2c(F)c(F)c(C#N)c(F)c2F)C1=C(C#N)c1c(C#N)c(F)nc(F)c1C(F)(F)F)c1c(F)c(F)c(C#N)c(F)c1F. The van der Waals surface area contributed by atoms with Crippen molar-refractivity contribution in [1.82, 2.24) is 4.98 Å². The third-order valence-corrected chi connectivity index (χ3v) is 6.78. The van der Waals surface area contributed by atoms with Crippen molar-refractivity contribution in [1.29, 1.82) is 31.6 Å². The van der Waals surface area contributed by atoms with E-state index >= 15 is 17.6 Å². The first-order valence-corrected chi connectivity index (χ1v) is 12.2. The molecule has 50 heavy (non-hydrogen) atoms. The monoisotopic (exact) mass is 705 g/mol. The second-order valence-corrected chi connectivity index (χ2v) is 9.25. The van der Waals surface area contributed by atoms with Gasteiger partial charge in [-0.3, -0.25) is 0 Å². The smallest absolute Gasteiger partial charge is 0.203 e. The van der Waals surface area contributed by atoms with Crippen LogP contribution in [0.25, 0.3) is 16.7 Å². The Kier molecular flexibility index (Phi) is 8.89. The Bertz CT molecular complexity index is 2310. The lowest BCUT2D eigenvalue weighted by molar-refractivity contribution is -0.140. The molecule has 1 aliphatic carbocycles. The van der Waals surface area contributed by atoms with E-state index in [9.17, 15) is 60.6 Å². The lowest BCUT2D eigenvalue weighted by Crippen LogP contribution is -2.16. The van der Waals surface area contributed by atoms with Crippen molar-refractivity contribution >= 4 is 16.7 Å². The predicted octanol–water partition coefficient (Wildman–Crippen LogP) is 7.35. The summed E-state index contributed by atoms with van der Waals surface area (Å²) in [4.78, 5) is 2.27. The molecule has 4 rings (SSSR count). The van der Waals surface area contributed by atoms with Crippen molar-refractivity contribution in [3.05, 3.63) is 114 Å². The molecule has 0 N–H and O–H groups in total. The molecule has 1 fully saturated rings. The molecule has 0 spiro atoms. The summed E-state index contributed by atoms with van der Waals surface area (Å²) in [6.07, 6.45) is -6.00. The molecule has 1 heterocycles. The number of aromatic nitrogens is 1. The van der Waals surface area contributed by atoms with Gasteiger partial charge in [0, 0.05) is 22.3 Å². The van der Waals surface area contributed by atoms with E-state index in [4.69, 9.17) is 10.5 Å². The molecule has 0 amide bonds. The molecule has 0 atom stereocenters. The first kappa shape index (κ1) is 35.7. The van der Waals surface area contributed by atoms with Gasteiger partial charge in [-0.15, -0.1) is 0 Å². The van der Waals surface area contributed by atoms with E-state index in [-0.39, 0.29) is 0 Å². The highest BCUT2D eigenvalue weighted by atomic mass is 19.4. The standard InChI is InChI=1S/C30F13N7/c31-20-11(5-48)21(32)25(36)17(24(20)35)8(2-45)15-14(7(1-44)13-10(4-47)28(39)50-29(40)19(13)30(41,42)43)16(15)9(3-46)18-26(37)22(33)12(6-49)23(34)27(18)38. The van der Waals surface area contributed by atoms with E-state index in [0.29, 0.717) is 0 Å². The number of hydrogen-bond acceptors (Lipinski definition) is 7. The van der Waals surface area contributed by atoms with Crippen molar-refractivity contribution in [3.8, 4) is 36.4 Å². The highest BCUT2D eigenvalue weighted by molar-refractivity contribution is 6.12.